The van der Waals surface area contributed by atoms with E-state index in [2.05, 4.69) is 5.16 Å². The molecule has 110 valence electrons. The highest BCUT2D eigenvalue weighted by molar-refractivity contribution is 6.31. The Bertz CT molecular complexity index is 761. The van der Waals surface area contributed by atoms with E-state index in [9.17, 15) is 9.18 Å². The van der Waals surface area contributed by atoms with Crippen molar-refractivity contribution in [3.05, 3.63) is 71.0 Å². The summed E-state index contributed by atoms with van der Waals surface area (Å²) in [6.07, 6.45) is 1.68. The summed E-state index contributed by atoms with van der Waals surface area (Å²) in [6.45, 7) is 0. The third-order valence-electron chi connectivity index (χ3n) is 3.24. The Hall–Kier alpha value is -2.95. The maximum atomic E-state index is 13.0. The Morgan fingerprint density at radius 3 is 2.41 bits per heavy atom. The summed E-state index contributed by atoms with van der Waals surface area (Å²) < 4.78 is 18.1. The van der Waals surface area contributed by atoms with Gasteiger partial charge in [-0.3, -0.25) is 0 Å². The lowest BCUT2D eigenvalue weighted by Gasteiger charge is -2.02. The summed E-state index contributed by atoms with van der Waals surface area (Å²) in [4.78, 5) is 16.6. The van der Waals surface area contributed by atoms with Gasteiger partial charge in [-0.05, 0) is 48.0 Å². The highest BCUT2D eigenvalue weighted by atomic mass is 19.1. The van der Waals surface area contributed by atoms with Crippen LogP contribution in [0.3, 0.4) is 0 Å². The van der Waals surface area contributed by atoms with Crippen molar-refractivity contribution in [2.75, 3.05) is 7.11 Å². The number of hydrogen-bond donors (Lipinski definition) is 0. The summed E-state index contributed by atoms with van der Waals surface area (Å²) in [6, 6.07) is 13.0. The average Bonchev–Trinajstić information content (AvgIpc) is 2.90. The molecule has 0 atom stereocenters. The minimum atomic E-state index is -0.532. The van der Waals surface area contributed by atoms with Gasteiger partial charge in [-0.25, -0.2) is 9.18 Å². The van der Waals surface area contributed by atoms with Crippen LogP contribution in [0.4, 0.5) is 4.39 Å². The molecular formula is C17H12FNO3. The van der Waals surface area contributed by atoms with E-state index < -0.39 is 5.97 Å². The second-order valence-corrected chi connectivity index (χ2v) is 4.66. The van der Waals surface area contributed by atoms with Crippen LogP contribution in [0.1, 0.15) is 11.1 Å². The number of oxime groups is 1. The number of methoxy groups -OCH3 is 1. The van der Waals surface area contributed by atoms with Crippen LogP contribution in [0.25, 0.3) is 6.08 Å². The number of hydrogen-bond acceptors (Lipinski definition) is 4. The van der Waals surface area contributed by atoms with E-state index in [4.69, 9.17) is 9.57 Å². The molecule has 0 radical (unpaired) electrons. The zero-order valence-electron chi connectivity index (χ0n) is 11.7. The van der Waals surface area contributed by atoms with Gasteiger partial charge in [0.05, 0.1) is 12.7 Å². The molecule has 0 bridgehead atoms. The Morgan fingerprint density at radius 1 is 1.09 bits per heavy atom. The van der Waals surface area contributed by atoms with Crippen molar-refractivity contribution in [2.24, 2.45) is 5.16 Å². The lowest BCUT2D eigenvalue weighted by molar-refractivity contribution is -0.136. The van der Waals surface area contributed by atoms with Crippen molar-refractivity contribution >= 4 is 17.8 Å². The summed E-state index contributed by atoms with van der Waals surface area (Å²) in [7, 11) is 1.58. The first kappa shape index (κ1) is 14.0. The summed E-state index contributed by atoms with van der Waals surface area (Å²) in [5, 5.41) is 3.78. The normalized spacial score (nSPS) is 15.6. The van der Waals surface area contributed by atoms with Crippen molar-refractivity contribution in [2.45, 2.75) is 0 Å². The molecule has 1 aliphatic heterocycles. The zero-order chi connectivity index (χ0) is 15.5. The lowest BCUT2D eigenvalue weighted by Crippen LogP contribution is -2.06. The van der Waals surface area contributed by atoms with Crippen LogP contribution < -0.4 is 4.74 Å². The fraction of sp³-hybridized carbons (Fsp3) is 0.0588. The van der Waals surface area contributed by atoms with E-state index >= 15 is 0 Å². The highest BCUT2D eigenvalue weighted by Crippen LogP contribution is 2.22. The highest BCUT2D eigenvalue weighted by Gasteiger charge is 2.26. The van der Waals surface area contributed by atoms with E-state index in [1.165, 1.54) is 12.1 Å². The molecule has 4 nitrogen and oxygen atoms in total. The number of halogens is 1. The molecule has 0 saturated heterocycles. The molecule has 0 N–H and O–H groups in total. The molecule has 0 fully saturated rings. The quantitative estimate of drug-likeness (QED) is 0.646. The lowest BCUT2D eigenvalue weighted by atomic mass is 10.0. The number of nitrogens with zero attached hydrogens (tertiary/aromatic N) is 1. The van der Waals surface area contributed by atoms with Crippen molar-refractivity contribution in [1.82, 2.24) is 0 Å². The molecule has 5 heteroatoms. The maximum Gasteiger partial charge on any atom is 0.368 e. The molecule has 0 aliphatic carbocycles. The Morgan fingerprint density at radius 2 is 1.77 bits per heavy atom. The van der Waals surface area contributed by atoms with Gasteiger partial charge in [-0.15, -0.1) is 0 Å². The van der Waals surface area contributed by atoms with Crippen LogP contribution in [-0.4, -0.2) is 18.8 Å². The maximum absolute atomic E-state index is 13.0. The van der Waals surface area contributed by atoms with Crippen molar-refractivity contribution in [3.63, 3.8) is 0 Å². The molecule has 0 aromatic heterocycles. The van der Waals surface area contributed by atoms with Crippen LogP contribution in [-0.2, 0) is 9.63 Å². The first-order valence-electron chi connectivity index (χ1n) is 6.59. The van der Waals surface area contributed by atoms with E-state index in [0.29, 0.717) is 16.8 Å². The molecule has 3 rings (SSSR count). The Kier molecular flexibility index (Phi) is 3.70. The van der Waals surface area contributed by atoms with Crippen molar-refractivity contribution in [1.29, 1.82) is 0 Å². The molecule has 2 aromatic carbocycles. The topological polar surface area (TPSA) is 47.9 Å². The number of benzene rings is 2. The Labute approximate surface area is 126 Å². The molecule has 0 spiro atoms. The number of ether oxygens (including phenoxy) is 1. The van der Waals surface area contributed by atoms with Gasteiger partial charge in [0, 0.05) is 5.56 Å². The van der Waals surface area contributed by atoms with E-state index in [1.807, 2.05) is 12.1 Å². The van der Waals surface area contributed by atoms with Crippen LogP contribution in [0.15, 0.2) is 59.3 Å². The molecule has 22 heavy (non-hydrogen) atoms. The largest absolute Gasteiger partial charge is 0.497 e. The van der Waals surface area contributed by atoms with Gasteiger partial charge in [-0.2, -0.15) is 0 Å². The van der Waals surface area contributed by atoms with Crippen LogP contribution in [0, 0.1) is 5.82 Å². The SMILES string of the molecule is COc1ccc(C=C2C(=O)ON=C2c2ccc(F)cc2)cc1. The van der Waals surface area contributed by atoms with Crippen molar-refractivity contribution in [3.8, 4) is 5.75 Å². The van der Waals surface area contributed by atoms with Crippen LogP contribution >= 0.6 is 0 Å². The van der Waals surface area contributed by atoms with Gasteiger partial charge < -0.3 is 9.57 Å². The van der Waals surface area contributed by atoms with Crippen LogP contribution in [0.5, 0.6) is 5.75 Å². The molecule has 1 heterocycles. The van der Waals surface area contributed by atoms with E-state index in [0.717, 1.165) is 11.3 Å². The Balaban J connectivity index is 1.95. The predicted octanol–water partition coefficient (Wildman–Crippen LogP) is 3.18. The zero-order valence-corrected chi connectivity index (χ0v) is 11.7. The second-order valence-electron chi connectivity index (χ2n) is 4.66. The fourth-order valence-electron chi connectivity index (χ4n) is 2.09. The van der Waals surface area contributed by atoms with Crippen molar-refractivity contribution < 1.29 is 18.8 Å². The first-order chi connectivity index (χ1) is 10.7. The minimum Gasteiger partial charge on any atom is -0.497 e. The van der Waals surface area contributed by atoms with Gasteiger partial charge in [0.25, 0.3) is 0 Å². The third kappa shape index (κ3) is 2.74. The van der Waals surface area contributed by atoms with Gasteiger partial charge in [-0.1, -0.05) is 17.3 Å². The molecule has 0 unspecified atom stereocenters. The average molecular weight is 297 g/mol. The van der Waals surface area contributed by atoms with Gasteiger partial charge in [0.2, 0.25) is 0 Å². The second kappa shape index (κ2) is 5.81. The molecular weight excluding hydrogens is 285 g/mol. The number of carbonyl (C=O) groups is 1. The summed E-state index contributed by atoms with van der Waals surface area (Å²) in [5.41, 5.74) is 2.15. The van der Waals surface area contributed by atoms with Gasteiger partial charge in [0.1, 0.15) is 17.3 Å². The number of carbonyl (C=O) groups excluding carboxylic acids is 1. The molecule has 0 amide bonds. The van der Waals surface area contributed by atoms with E-state index in [1.54, 1.807) is 37.5 Å². The smallest absolute Gasteiger partial charge is 0.368 e. The molecule has 0 saturated carbocycles. The van der Waals surface area contributed by atoms with Gasteiger partial charge >= 0.3 is 5.97 Å². The number of rotatable bonds is 3. The monoisotopic (exact) mass is 297 g/mol. The molecule has 2 aromatic rings. The predicted molar refractivity (Wildman–Crippen MR) is 80.0 cm³/mol. The summed E-state index contributed by atoms with van der Waals surface area (Å²) in [5.74, 6) is -0.158. The minimum absolute atomic E-state index is 0.330. The third-order valence-corrected chi connectivity index (χ3v) is 3.24. The summed E-state index contributed by atoms with van der Waals surface area (Å²) >= 11 is 0. The van der Waals surface area contributed by atoms with Gasteiger partial charge in [0.15, 0.2) is 0 Å². The van der Waals surface area contributed by atoms with E-state index in [-0.39, 0.29) is 5.82 Å². The fourth-order valence-corrected chi connectivity index (χ4v) is 2.09. The van der Waals surface area contributed by atoms with Crippen LogP contribution in [0.2, 0.25) is 0 Å². The molecule has 1 aliphatic rings. The first-order valence-corrected chi connectivity index (χ1v) is 6.59. The standard InChI is InChI=1S/C17H12FNO3/c1-21-14-8-2-11(3-9-14)10-15-16(19-22-17(15)20)12-4-6-13(18)7-5-12/h2-10H,1H3.